The number of amides is 2. The second-order valence-electron chi connectivity index (χ2n) is 5.95. The molecule has 2 atom stereocenters. The lowest BCUT2D eigenvalue weighted by Crippen LogP contribution is -2.46. The van der Waals surface area contributed by atoms with Crippen LogP contribution in [-0.2, 0) is 9.59 Å². The number of nitrogens with zero attached hydrogens (tertiary/aromatic N) is 2. The maximum Gasteiger partial charge on any atom is 0.222 e. The highest BCUT2D eigenvalue weighted by Gasteiger charge is 2.25. The van der Waals surface area contributed by atoms with Crippen LogP contribution in [0.4, 0.5) is 0 Å². The molecular formula is C16H31N5O2. The van der Waals surface area contributed by atoms with E-state index in [0.29, 0.717) is 31.9 Å². The van der Waals surface area contributed by atoms with E-state index in [1.165, 1.54) is 0 Å². The Balaban J connectivity index is 2.28. The number of nitrogens with one attached hydrogen (secondary N) is 3. The molecule has 0 spiro atoms. The van der Waals surface area contributed by atoms with Crippen LogP contribution in [0.3, 0.4) is 0 Å². The van der Waals surface area contributed by atoms with Gasteiger partial charge >= 0.3 is 0 Å². The highest BCUT2D eigenvalue weighted by molar-refractivity contribution is 5.82. The average Bonchev–Trinajstić information content (AvgIpc) is 3.01. The van der Waals surface area contributed by atoms with E-state index in [0.717, 1.165) is 19.4 Å². The molecule has 0 aromatic rings. The molecule has 1 aliphatic rings. The van der Waals surface area contributed by atoms with Crippen molar-refractivity contribution >= 4 is 17.8 Å². The van der Waals surface area contributed by atoms with Gasteiger partial charge in [0.1, 0.15) is 0 Å². The fraction of sp³-hybridized carbons (Fsp3) is 0.812. The van der Waals surface area contributed by atoms with Crippen molar-refractivity contribution in [2.45, 2.75) is 58.5 Å². The number of carbonyl (C=O) groups is 2. The molecule has 1 rings (SSSR count). The number of hydrogen-bond acceptors (Lipinski definition) is 3. The highest BCUT2D eigenvalue weighted by atomic mass is 16.2. The Morgan fingerprint density at radius 1 is 1.35 bits per heavy atom. The SMILES string of the molecule is CCC(=O)N1CCC(NC(=NC)NCCC(=O)NC(C)CC)C1. The molecule has 1 heterocycles. The number of likely N-dealkylation sites (tertiary alicyclic amines) is 1. The first-order chi connectivity index (χ1) is 11.0. The molecule has 0 aliphatic carbocycles. The van der Waals surface area contributed by atoms with Crippen molar-refractivity contribution < 1.29 is 9.59 Å². The number of carbonyl (C=O) groups excluding carboxylic acids is 2. The smallest absolute Gasteiger partial charge is 0.222 e. The lowest BCUT2D eigenvalue weighted by molar-refractivity contribution is -0.129. The third kappa shape index (κ3) is 6.88. The number of guanidine groups is 1. The highest BCUT2D eigenvalue weighted by Crippen LogP contribution is 2.10. The molecule has 132 valence electrons. The third-order valence-electron chi connectivity index (χ3n) is 4.07. The average molecular weight is 325 g/mol. The fourth-order valence-electron chi connectivity index (χ4n) is 2.46. The van der Waals surface area contributed by atoms with E-state index in [1.54, 1.807) is 7.05 Å². The van der Waals surface area contributed by atoms with Gasteiger partial charge in [-0.15, -0.1) is 0 Å². The van der Waals surface area contributed by atoms with Gasteiger partial charge in [0.05, 0.1) is 0 Å². The topological polar surface area (TPSA) is 85.8 Å². The van der Waals surface area contributed by atoms with E-state index in [2.05, 4.69) is 20.9 Å². The summed E-state index contributed by atoms with van der Waals surface area (Å²) in [6, 6.07) is 0.422. The second kappa shape index (κ2) is 10.1. The number of rotatable bonds is 7. The summed E-state index contributed by atoms with van der Waals surface area (Å²) in [4.78, 5) is 29.5. The quantitative estimate of drug-likeness (QED) is 0.469. The van der Waals surface area contributed by atoms with Crippen LogP contribution in [0.25, 0.3) is 0 Å². The summed E-state index contributed by atoms with van der Waals surface area (Å²) in [5, 5.41) is 9.40. The molecule has 0 aromatic carbocycles. The lowest BCUT2D eigenvalue weighted by atomic mass is 10.2. The summed E-state index contributed by atoms with van der Waals surface area (Å²) < 4.78 is 0. The molecular weight excluding hydrogens is 294 g/mol. The van der Waals surface area contributed by atoms with Gasteiger partial charge in [-0.25, -0.2) is 0 Å². The zero-order chi connectivity index (χ0) is 17.2. The molecule has 3 N–H and O–H groups in total. The zero-order valence-electron chi connectivity index (χ0n) is 14.8. The molecule has 1 aliphatic heterocycles. The van der Waals surface area contributed by atoms with E-state index in [1.807, 2.05) is 25.7 Å². The summed E-state index contributed by atoms with van der Waals surface area (Å²) in [5.74, 6) is 0.916. The van der Waals surface area contributed by atoms with Crippen LogP contribution < -0.4 is 16.0 Å². The van der Waals surface area contributed by atoms with Crippen molar-refractivity contribution in [2.24, 2.45) is 4.99 Å². The Labute approximate surface area is 139 Å². The first-order valence-electron chi connectivity index (χ1n) is 8.54. The second-order valence-corrected chi connectivity index (χ2v) is 5.95. The van der Waals surface area contributed by atoms with Crippen molar-refractivity contribution in [3.05, 3.63) is 0 Å². The number of hydrogen-bond donors (Lipinski definition) is 3. The summed E-state index contributed by atoms with van der Waals surface area (Å²) in [6.45, 7) is 7.96. The fourth-order valence-corrected chi connectivity index (χ4v) is 2.46. The van der Waals surface area contributed by atoms with E-state index in [4.69, 9.17) is 0 Å². The lowest BCUT2D eigenvalue weighted by Gasteiger charge is -2.19. The molecule has 0 radical (unpaired) electrons. The van der Waals surface area contributed by atoms with Gasteiger partial charge in [0.25, 0.3) is 0 Å². The maximum atomic E-state index is 11.7. The molecule has 7 nitrogen and oxygen atoms in total. The van der Waals surface area contributed by atoms with Crippen LogP contribution in [0, 0.1) is 0 Å². The minimum Gasteiger partial charge on any atom is -0.356 e. The van der Waals surface area contributed by atoms with Gasteiger partial charge in [0, 0.05) is 51.6 Å². The van der Waals surface area contributed by atoms with Crippen LogP contribution in [0.2, 0.25) is 0 Å². The van der Waals surface area contributed by atoms with Crippen LogP contribution >= 0.6 is 0 Å². The van der Waals surface area contributed by atoms with Gasteiger partial charge in [-0.2, -0.15) is 0 Å². The van der Waals surface area contributed by atoms with Crippen LogP contribution in [-0.4, -0.2) is 61.4 Å². The minimum atomic E-state index is 0.0443. The Morgan fingerprint density at radius 2 is 2.09 bits per heavy atom. The van der Waals surface area contributed by atoms with Crippen molar-refractivity contribution in [3.8, 4) is 0 Å². The standard InChI is InChI=1S/C16H31N5O2/c1-5-12(3)19-14(22)7-9-18-16(17-4)20-13-8-10-21(11-13)15(23)6-2/h12-13H,5-11H2,1-4H3,(H,19,22)(H2,17,18,20). The van der Waals surface area contributed by atoms with Gasteiger partial charge in [-0.1, -0.05) is 13.8 Å². The van der Waals surface area contributed by atoms with E-state index < -0.39 is 0 Å². The third-order valence-corrected chi connectivity index (χ3v) is 4.07. The molecule has 0 aromatic heterocycles. The normalized spacial score (nSPS) is 19.4. The van der Waals surface area contributed by atoms with Gasteiger partial charge in [0.2, 0.25) is 11.8 Å². The first-order valence-corrected chi connectivity index (χ1v) is 8.54. The Morgan fingerprint density at radius 3 is 2.70 bits per heavy atom. The van der Waals surface area contributed by atoms with Crippen molar-refractivity contribution in [2.75, 3.05) is 26.7 Å². The molecule has 1 fully saturated rings. The molecule has 0 saturated carbocycles. The Kier molecular flexibility index (Phi) is 8.43. The van der Waals surface area contributed by atoms with Gasteiger partial charge in [-0.3, -0.25) is 14.6 Å². The van der Waals surface area contributed by atoms with Crippen molar-refractivity contribution in [1.29, 1.82) is 0 Å². The maximum absolute atomic E-state index is 11.7. The molecule has 2 amide bonds. The summed E-state index contributed by atoms with van der Waals surface area (Å²) in [7, 11) is 1.71. The van der Waals surface area contributed by atoms with E-state index >= 15 is 0 Å². The predicted molar refractivity (Wildman–Crippen MR) is 92.3 cm³/mol. The predicted octanol–water partition coefficient (Wildman–Crippen LogP) is 0.467. The van der Waals surface area contributed by atoms with Gasteiger partial charge < -0.3 is 20.9 Å². The molecule has 23 heavy (non-hydrogen) atoms. The molecule has 0 bridgehead atoms. The molecule has 1 saturated heterocycles. The monoisotopic (exact) mass is 325 g/mol. The van der Waals surface area contributed by atoms with Crippen LogP contribution in [0.5, 0.6) is 0 Å². The van der Waals surface area contributed by atoms with Gasteiger partial charge in [-0.05, 0) is 19.8 Å². The summed E-state index contributed by atoms with van der Waals surface area (Å²) >= 11 is 0. The first kappa shape index (κ1) is 19.3. The van der Waals surface area contributed by atoms with Crippen molar-refractivity contribution in [1.82, 2.24) is 20.9 Å². The van der Waals surface area contributed by atoms with Crippen LogP contribution in [0.1, 0.15) is 46.5 Å². The Bertz CT molecular complexity index is 425. The van der Waals surface area contributed by atoms with E-state index in [-0.39, 0.29) is 23.9 Å². The summed E-state index contributed by atoms with van der Waals surface area (Å²) in [6.07, 6.45) is 2.80. The largest absolute Gasteiger partial charge is 0.356 e. The van der Waals surface area contributed by atoms with Gasteiger partial charge in [0.15, 0.2) is 5.96 Å². The number of aliphatic imine (C=N–C) groups is 1. The minimum absolute atomic E-state index is 0.0443. The van der Waals surface area contributed by atoms with Crippen LogP contribution in [0.15, 0.2) is 4.99 Å². The zero-order valence-corrected chi connectivity index (χ0v) is 14.8. The Hall–Kier alpha value is -1.79. The van der Waals surface area contributed by atoms with E-state index in [9.17, 15) is 9.59 Å². The summed E-state index contributed by atoms with van der Waals surface area (Å²) in [5.41, 5.74) is 0. The molecule has 7 heteroatoms. The van der Waals surface area contributed by atoms with Crippen molar-refractivity contribution in [3.63, 3.8) is 0 Å². The molecule has 2 unspecified atom stereocenters.